The summed E-state index contributed by atoms with van der Waals surface area (Å²) in [5.74, 6) is 0.970. The fraction of sp³-hybridized carbons (Fsp3) is 0.800. The molecule has 3 rings (SSSR count). The van der Waals surface area contributed by atoms with Crippen LogP contribution in [0.3, 0.4) is 0 Å². The summed E-state index contributed by atoms with van der Waals surface area (Å²) in [6.07, 6.45) is 7.70. The molecular weight excluding hydrogens is 344 g/mol. The lowest BCUT2D eigenvalue weighted by molar-refractivity contribution is -0.122. The molecule has 1 aliphatic carbocycles. The van der Waals surface area contributed by atoms with Gasteiger partial charge in [0.05, 0.1) is 18.3 Å². The van der Waals surface area contributed by atoms with E-state index in [4.69, 9.17) is 9.26 Å². The predicted molar refractivity (Wildman–Crippen MR) is 103 cm³/mol. The van der Waals surface area contributed by atoms with Crippen LogP contribution in [0.2, 0.25) is 0 Å². The van der Waals surface area contributed by atoms with Crippen molar-refractivity contribution in [3.63, 3.8) is 0 Å². The molecule has 7 heteroatoms. The van der Waals surface area contributed by atoms with E-state index in [1.54, 1.807) is 0 Å². The van der Waals surface area contributed by atoms with E-state index in [1.165, 1.54) is 32.1 Å². The number of rotatable bonds is 9. The van der Waals surface area contributed by atoms with E-state index >= 15 is 0 Å². The molecule has 2 heterocycles. The molecule has 2 aliphatic rings. The molecule has 1 saturated heterocycles. The Morgan fingerprint density at radius 3 is 2.67 bits per heavy atom. The fourth-order valence-corrected chi connectivity index (χ4v) is 3.87. The fourth-order valence-electron chi connectivity index (χ4n) is 3.87. The van der Waals surface area contributed by atoms with Gasteiger partial charge in [-0.1, -0.05) is 24.4 Å². The van der Waals surface area contributed by atoms with Crippen LogP contribution in [0.15, 0.2) is 10.6 Å². The largest absolute Gasteiger partial charge is 0.378 e. The molecule has 0 aromatic carbocycles. The number of hydrogen-bond donors (Lipinski definition) is 1. The summed E-state index contributed by atoms with van der Waals surface area (Å²) >= 11 is 0. The first kappa shape index (κ1) is 20.3. The average Bonchev–Trinajstić information content (AvgIpc) is 3.09. The molecule has 1 aromatic rings. The molecule has 1 N–H and O–H groups in total. The number of aryl methyl sites for hydroxylation is 1. The molecular formula is C20H34N4O3. The molecule has 152 valence electrons. The number of nitrogens with one attached hydrogen (secondary N) is 1. The quantitative estimate of drug-likeness (QED) is 0.663. The lowest BCUT2D eigenvalue weighted by Gasteiger charge is -2.33. The number of carbonyl (C=O) groups is 1. The van der Waals surface area contributed by atoms with E-state index < -0.39 is 0 Å². The van der Waals surface area contributed by atoms with Gasteiger partial charge in [-0.25, -0.2) is 0 Å². The maximum Gasteiger partial charge on any atom is 0.234 e. The van der Waals surface area contributed by atoms with Crippen molar-refractivity contribution in [3.05, 3.63) is 17.5 Å². The van der Waals surface area contributed by atoms with Gasteiger partial charge in [0.15, 0.2) is 0 Å². The summed E-state index contributed by atoms with van der Waals surface area (Å²) in [5.41, 5.74) is 0.981. The van der Waals surface area contributed by atoms with Crippen molar-refractivity contribution >= 4 is 5.91 Å². The maximum absolute atomic E-state index is 12.1. The van der Waals surface area contributed by atoms with Crippen LogP contribution in [-0.2, 0) is 16.1 Å². The van der Waals surface area contributed by atoms with Gasteiger partial charge >= 0.3 is 0 Å². The molecule has 0 spiro atoms. The molecule has 1 aromatic heterocycles. The molecule has 0 bridgehead atoms. The molecule has 1 aliphatic heterocycles. The number of hydrogen-bond acceptors (Lipinski definition) is 6. The lowest BCUT2D eigenvalue weighted by atomic mass is 9.98. The zero-order valence-corrected chi connectivity index (χ0v) is 16.6. The van der Waals surface area contributed by atoms with Gasteiger partial charge in [0, 0.05) is 51.9 Å². The van der Waals surface area contributed by atoms with Crippen LogP contribution < -0.4 is 5.32 Å². The van der Waals surface area contributed by atoms with Gasteiger partial charge in [-0.05, 0) is 26.2 Å². The number of aromatic nitrogens is 1. The van der Waals surface area contributed by atoms with E-state index in [9.17, 15) is 4.79 Å². The molecule has 0 unspecified atom stereocenters. The number of nitrogens with zero attached hydrogens (tertiary/aromatic N) is 3. The van der Waals surface area contributed by atoms with Crippen LogP contribution in [0.4, 0.5) is 0 Å². The zero-order valence-electron chi connectivity index (χ0n) is 16.6. The van der Waals surface area contributed by atoms with E-state index in [-0.39, 0.29) is 5.91 Å². The topological polar surface area (TPSA) is 70.8 Å². The van der Waals surface area contributed by atoms with E-state index in [0.29, 0.717) is 19.2 Å². The van der Waals surface area contributed by atoms with Gasteiger partial charge in [-0.15, -0.1) is 0 Å². The smallest absolute Gasteiger partial charge is 0.234 e. The van der Waals surface area contributed by atoms with Gasteiger partial charge in [-0.3, -0.25) is 14.6 Å². The number of piperazine rings is 1. The predicted octanol–water partition coefficient (Wildman–Crippen LogP) is 1.96. The minimum absolute atomic E-state index is 0.119. The average molecular weight is 379 g/mol. The van der Waals surface area contributed by atoms with Gasteiger partial charge in [0.1, 0.15) is 5.76 Å². The summed E-state index contributed by atoms with van der Waals surface area (Å²) in [7, 11) is 0. The highest BCUT2D eigenvalue weighted by atomic mass is 16.5. The van der Waals surface area contributed by atoms with Crippen molar-refractivity contribution in [2.45, 2.75) is 58.1 Å². The third kappa shape index (κ3) is 7.24. The summed E-state index contributed by atoms with van der Waals surface area (Å²) in [6, 6.07) is 1.98. The molecule has 1 amide bonds. The Bertz CT molecular complexity index is 563. The normalized spacial score (nSPS) is 20.0. The molecule has 0 radical (unpaired) electrons. The third-order valence-electron chi connectivity index (χ3n) is 5.44. The first-order valence-corrected chi connectivity index (χ1v) is 10.4. The summed E-state index contributed by atoms with van der Waals surface area (Å²) in [5, 5.41) is 7.08. The molecule has 27 heavy (non-hydrogen) atoms. The maximum atomic E-state index is 12.1. The highest BCUT2D eigenvalue weighted by molar-refractivity contribution is 5.77. The Morgan fingerprint density at radius 2 is 1.96 bits per heavy atom. The summed E-state index contributed by atoms with van der Waals surface area (Å²) < 4.78 is 11.0. The van der Waals surface area contributed by atoms with E-state index in [2.05, 4.69) is 20.3 Å². The second-order valence-electron chi connectivity index (χ2n) is 7.82. The first-order valence-electron chi connectivity index (χ1n) is 10.4. The second-order valence-corrected chi connectivity index (χ2v) is 7.82. The zero-order chi connectivity index (χ0) is 18.9. The van der Waals surface area contributed by atoms with Crippen LogP contribution in [-0.4, -0.2) is 72.8 Å². The Labute approximate surface area is 162 Å². The SMILES string of the molecule is Cc1cc(CN2CCN(CC(=O)NCCCOC3CCCCC3)CC2)no1. The van der Waals surface area contributed by atoms with Crippen molar-refractivity contribution < 1.29 is 14.1 Å². The van der Waals surface area contributed by atoms with Crippen LogP contribution in [0.25, 0.3) is 0 Å². The Balaban J connectivity index is 1.21. The molecule has 0 atom stereocenters. The monoisotopic (exact) mass is 378 g/mol. The van der Waals surface area contributed by atoms with Crippen molar-refractivity contribution in [1.82, 2.24) is 20.3 Å². The summed E-state index contributed by atoms with van der Waals surface area (Å²) in [6.45, 7) is 8.41. The number of ether oxygens (including phenoxy) is 1. The number of carbonyl (C=O) groups excluding carboxylic acids is 1. The minimum Gasteiger partial charge on any atom is -0.378 e. The van der Waals surface area contributed by atoms with E-state index in [0.717, 1.165) is 57.2 Å². The standard InChI is InChI=1S/C20H34N4O3/c1-17-14-18(22-27-17)15-23-9-11-24(12-10-23)16-20(25)21-8-5-13-26-19-6-3-2-4-7-19/h14,19H,2-13,15-16H2,1H3,(H,21,25). The van der Waals surface area contributed by atoms with Crippen molar-refractivity contribution in [2.75, 3.05) is 45.9 Å². The van der Waals surface area contributed by atoms with Gasteiger partial charge in [0.25, 0.3) is 0 Å². The van der Waals surface area contributed by atoms with Crippen LogP contribution in [0.5, 0.6) is 0 Å². The Morgan fingerprint density at radius 1 is 1.22 bits per heavy atom. The van der Waals surface area contributed by atoms with Crippen LogP contribution in [0.1, 0.15) is 50.0 Å². The molecule has 1 saturated carbocycles. The van der Waals surface area contributed by atoms with Gasteiger partial charge in [-0.2, -0.15) is 0 Å². The number of amides is 1. The minimum atomic E-state index is 0.119. The highest BCUT2D eigenvalue weighted by Gasteiger charge is 2.20. The Kier molecular flexibility index (Phi) is 8.10. The Hall–Kier alpha value is -1.44. The highest BCUT2D eigenvalue weighted by Crippen LogP contribution is 2.20. The van der Waals surface area contributed by atoms with Crippen molar-refractivity contribution in [3.8, 4) is 0 Å². The van der Waals surface area contributed by atoms with E-state index in [1.807, 2.05) is 13.0 Å². The van der Waals surface area contributed by atoms with Crippen LogP contribution in [0, 0.1) is 6.92 Å². The molecule has 2 fully saturated rings. The lowest BCUT2D eigenvalue weighted by Crippen LogP contribution is -2.49. The molecule has 7 nitrogen and oxygen atoms in total. The second kappa shape index (κ2) is 10.8. The third-order valence-corrected chi connectivity index (χ3v) is 5.44. The van der Waals surface area contributed by atoms with Gasteiger partial charge < -0.3 is 14.6 Å². The first-order chi connectivity index (χ1) is 13.2. The van der Waals surface area contributed by atoms with Gasteiger partial charge in [0.2, 0.25) is 5.91 Å². The summed E-state index contributed by atoms with van der Waals surface area (Å²) in [4.78, 5) is 16.7. The van der Waals surface area contributed by atoms with Crippen molar-refractivity contribution in [1.29, 1.82) is 0 Å². The van der Waals surface area contributed by atoms with Crippen LogP contribution >= 0.6 is 0 Å². The van der Waals surface area contributed by atoms with Crippen molar-refractivity contribution in [2.24, 2.45) is 0 Å².